The molecule has 0 bridgehead atoms. The van der Waals surface area contributed by atoms with Crippen molar-refractivity contribution in [3.05, 3.63) is 96.8 Å². The van der Waals surface area contributed by atoms with Crippen molar-refractivity contribution < 1.29 is 9.90 Å². The Hall–Kier alpha value is -3.86. The van der Waals surface area contributed by atoms with E-state index in [0.717, 1.165) is 22.5 Å². The molecule has 0 spiro atoms. The molecule has 5 nitrogen and oxygen atoms in total. The van der Waals surface area contributed by atoms with E-state index in [4.69, 9.17) is 0 Å². The molecule has 4 aromatic rings. The van der Waals surface area contributed by atoms with E-state index < -0.39 is 5.97 Å². The number of hydrogen-bond acceptors (Lipinski definition) is 3. The number of nitrogens with zero attached hydrogens (tertiary/aromatic N) is 2. The highest BCUT2D eigenvalue weighted by Gasteiger charge is 2.12. The molecule has 0 aliphatic rings. The number of anilines is 2. The van der Waals surface area contributed by atoms with E-state index in [1.165, 1.54) is 0 Å². The summed E-state index contributed by atoms with van der Waals surface area (Å²) >= 11 is 0. The summed E-state index contributed by atoms with van der Waals surface area (Å²) in [5.41, 5.74) is 4.50. The van der Waals surface area contributed by atoms with Crippen LogP contribution in [0.5, 0.6) is 0 Å². The number of carboxylic acid groups (broad SMARTS) is 1. The number of carboxylic acids is 1. The minimum atomic E-state index is -0.967. The number of hydrogen-bond donors (Lipinski definition) is 2. The molecule has 0 saturated carbocycles. The van der Waals surface area contributed by atoms with Gasteiger partial charge < -0.3 is 10.4 Å². The van der Waals surface area contributed by atoms with E-state index in [1.54, 1.807) is 16.9 Å². The van der Waals surface area contributed by atoms with Gasteiger partial charge >= 0.3 is 5.97 Å². The van der Waals surface area contributed by atoms with Crippen molar-refractivity contribution in [1.29, 1.82) is 0 Å². The number of nitrogens with one attached hydrogen (secondary N) is 1. The minimum absolute atomic E-state index is 0.228. The van der Waals surface area contributed by atoms with E-state index in [9.17, 15) is 9.90 Å². The van der Waals surface area contributed by atoms with Gasteiger partial charge in [0, 0.05) is 18.1 Å². The molecule has 1 aromatic heterocycles. The van der Waals surface area contributed by atoms with E-state index in [0.29, 0.717) is 5.69 Å². The van der Waals surface area contributed by atoms with Crippen molar-refractivity contribution in [1.82, 2.24) is 9.78 Å². The quantitative estimate of drug-likeness (QED) is 0.530. The highest BCUT2D eigenvalue weighted by atomic mass is 16.4. The predicted octanol–water partition coefficient (Wildman–Crippen LogP) is 4.98. The van der Waals surface area contributed by atoms with E-state index in [-0.39, 0.29) is 5.56 Å². The molecule has 3 aromatic carbocycles. The van der Waals surface area contributed by atoms with E-state index in [2.05, 4.69) is 10.4 Å². The van der Waals surface area contributed by atoms with Gasteiger partial charge in [0.05, 0.1) is 16.9 Å². The van der Waals surface area contributed by atoms with Gasteiger partial charge in [-0.25, -0.2) is 9.48 Å². The zero-order valence-corrected chi connectivity index (χ0v) is 14.4. The maximum Gasteiger partial charge on any atom is 0.337 e. The van der Waals surface area contributed by atoms with Crippen molar-refractivity contribution in [2.24, 2.45) is 0 Å². The fourth-order valence-corrected chi connectivity index (χ4v) is 2.92. The lowest BCUT2D eigenvalue weighted by molar-refractivity contribution is 0.0698. The molecule has 2 N–H and O–H groups in total. The van der Waals surface area contributed by atoms with E-state index in [1.807, 2.05) is 79.0 Å². The Morgan fingerprint density at radius 2 is 1.67 bits per heavy atom. The number of aromatic carboxylic acids is 1. The summed E-state index contributed by atoms with van der Waals surface area (Å²) in [5.74, 6) is -0.967. The zero-order valence-electron chi connectivity index (χ0n) is 14.4. The molecular formula is C22H17N3O2. The minimum Gasteiger partial charge on any atom is -0.478 e. The lowest BCUT2D eigenvalue weighted by Crippen LogP contribution is -2.03. The summed E-state index contributed by atoms with van der Waals surface area (Å²) in [6.07, 6.45) is 3.59. The second kappa shape index (κ2) is 7.17. The van der Waals surface area contributed by atoms with E-state index >= 15 is 0 Å². The third-order valence-corrected chi connectivity index (χ3v) is 4.27. The highest BCUT2D eigenvalue weighted by Crippen LogP contribution is 2.28. The van der Waals surface area contributed by atoms with Crippen LogP contribution in [0.1, 0.15) is 10.4 Å². The van der Waals surface area contributed by atoms with Gasteiger partial charge in [0.15, 0.2) is 0 Å². The summed E-state index contributed by atoms with van der Waals surface area (Å²) in [7, 11) is 0. The van der Waals surface area contributed by atoms with Crippen LogP contribution >= 0.6 is 0 Å². The summed E-state index contributed by atoms with van der Waals surface area (Å²) in [4.78, 5) is 11.6. The van der Waals surface area contributed by atoms with Gasteiger partial charge in [0.2, 0.25) is 0 Å². The normalized spacial score (nSPS) is 10.5. The highest BCUT2D eigenvalue weighted by molar-refractivity contribution is 5.96. The number of benzene rings is 3. The predicted molar refractivity (Wildman–Crippen MR) is 106 cm³/mol. The lowest BCUT2D eigenvalue weighted by Gasteiger charge is -2.13. The van der Waals surface area contributed by atoms with Crippen molar-refractivity contribution in [2.75, 3.05) is 5.32 Å². The third-order valence-electron chi connectivity index (χ3n) is 4.27. The van der Waals surface area contributed by atoms with Crippen LogP contribution in [0.15, 0.2) is 91.3 Å². The van der Waals surface area contributed by atoms with Gasteiger partial charge in [-0.3, -0.25) is 0 Å². The van der Waals surface area contributed by atoms with Crippen LogP contribution in [0.2, 0.25) is 0 Å². The zero-order chi connectivity index (χ0) is 18.6. The molecule has 0 atom stereocenters. The SMILES string of the molecule is O=C(O)c1ccc(-c2ccccc2)cc1Nc1ccc(-n2cccn2)cc1. The van der Waals surface area contributed by atoms with Gasteiger partial charge in [-0.1, -0.05) is 36.4 Å². The molecule has 0 aliphatic heterocycles. The Morgan fingerprint density at radius 1 is 0.889 bits per heavy atom. The Morgan fingerprint density at radius 3 is 2.33 bits per heavy atom. The smallest absolute Gasteiger partial charge is 0.337 e. The average Bonchev–Trinajstić information content (AvgIpc) is 3.24. The first-order valence-corrected chi connectivity index (χ1v) is 8.50. The van der Waals surface area contributed by atoms with Crippen molar-refractivity contribution in [3.8, 4) is 16.8 Å². The fourth-order valence-electron chi connectivity index (χ4n) is 2.92. The summed E-state index contributed by atoms with van der Waals surface area (Å²) < 4.78 is 1.77. The van der Waals surface area contributed by atoms with Gasteiger partial charge in [-0.05, 0) is 53.6 Å². The standard InChI is InChI=1S/C22H17N3O2/c26-22(27)20-12-7-17(16-5-2-1-3-6-16)15-21(20)24-18-8-10-19(11-9-18)25-14-4-13-23-25/h1-15,24H,(H,26,27). The maximum absolute atomic E-state index is 11.6. The second-order valence-corrected chi connectivity index (χ2v) is 6.05. The van der Waals surface area contributed by atoms with Crippen molar-refractivity contribution >= 4 is 17.3 Å². The first-order chi connectivity index (χ1) is 13.2. The summed E-state index contributed by atoms with van der Waals surface area (Å²) in [6.45, 7) is 0. The molecule has 1 heterocycles. The Labute approximate surface area is 156 Å². The summed E-state index contributed by atoms with van der Waals surface area (Å²) in [6, 6.07) is 24.7. The Bertz CT molecular complexity index is 1060. The largest absolute Gasteiger partial charge is 0.478 e. The second-order valence-electron chi connectivity index (χ2n) is 6.05. The van der Waals surface area contributed by atoms with Crippen LogP contribution in [-0.4, -0.2) is 20.9 Å². The molecule has 0 amide bonds. The molecule has 4 rings (SSSR count). The molecule has 0 unspecified atom stereocenters. The number of carbonyl (C=O) groups is 1. The van der Waals surface area contributed by atoms with Gasteiger partial charge in [0.25, 0.3) is 0 Å². The molecular weight excluding hydrogens is 338 g/mol. The maximum atomic E-state index is 11.6. The topological polar surface area (TPSA) is 67.2 Å². The van der Waals surface area contributed by atoms with Crippen LogP contribution in [0.3, 0.4) is 0 Å². The molecule has 132 valence electrons. The first-order valence-electron chi connectivity index (χ1n) is 8.50. The number of aromatic nitrogens is 2. The molecule has 0 radical (unpaired) electrons. The molecule has 0 saturated heterocycles. The number of rotatable bonds is 5. The van der Waals surface area contributed by atoms with Crippen molar-refractivity contribution in [2.45, 2.75) is 0 Å². The average molecular weight is 355 g/mol. The van der Waals surface area contributed by atoms with Crippen LogP contribution in [0, 0.1) is 0 Å². The molecule has 0 fully saturated rings. The third kappa shape index (κ3) is 3.57. The van der Waals surface area contributed by atoms with Gasteiger partial charge in [-0.15, -0.1) is 0 Å². The fraction of sp³-hybridized carbons (Fsp3) is 0. The van der Waals surface area contributed by atoms with Crippen LogP contribution in [0.25, 0.3) is 16.8 Å². The molecule has 27 heavy (non-hydrogen) atoms. The lowest BCUT2D eigenvalue weighted by atomic mass is 10.0. The van der Waals surface area contributed by atoms with Crippen LogP contribution in [-0.2, 0) is 0 Å². The first kappa shape index (κ1) is 16.6. The van der Waals surface area contributed by atoms with Gasteiger partial charge in [0.1, 0.15) is 0 Å². The van der Waals surface area contributed by atoms with Gasteiger partial charge in [-0.2, -0.15) is 5.10 Å². The van der Waals surface area contributed by atoms with Crippen molar-refractivity contribution in [3.63, 3.8) is 0 Å². The Kier molecular flexibility index (Phi) is 4.41. The molecule has 5 heteroatoms. The van der Waals surface area contributed by atoms with Crippen LogP contribution in [0.4, 0.5) is 11.4 Å². The van der Waals surface area contributed by atoms with Crippen LogP contribution < -0.4 is 5.32 Å². The summed E-state index contributed by atoms with van der Waals surface area (Å²) in [5, 5.41) is 16.9. The molecule has 0 aliphatic carbocycles. The Balaban J connectivity index is 1.66. The monoisotopic (exact) mass is 355 g/mol.